The molecule has 0 saturated heterocycles. The fourth-order valence-corrected chi connectivity index (χ4v) is 2.24. The van der Waals surface area contributed by atoms with Crippen molar-refractivity contribution < 1.29 is 19.1 Å². The number of hydrogen-bond donors (Lipinski definition) is 0. The standard InChI is InChI=1S/C19H28O4/c1-4-6-7-9-15(3)22-18(20)12-13-19(21)23-17-11-8-10-16(5-2)14-17/h8,10-11,14-15H,4-7,9,12-13H2,1-3H3. The number of esters is 2. The Morgan fingerprint density at radius 1 is 1.09 bits per heavy atom. The molecule has 0 radical (unpaired) electrons. The third kappa shape index (κ3) is 8.38. The first-order valence-electron chi connectivity index (χ1n) is 8.54. The molecule has 0 aliphatic rings. The van der Waals surface area contributed by atoms with Crippen LogP contribution in [0.1, 0.15) is 64.9 Å². The average molecular weight is 320 g/mol. The van der Waals surface area contributed by atoms with E-state index in [4.69, 9.17) is 9.47 Å². The van der Waals surface area contributed by atoms with Crippen LogP contribution in [0.5, 0.6) is 5.75 Å². The zero-order valence-electron chi connectivity index (χ0n) is 14.5. The molecule has 1 aromatic carbocycles. The summed E-state index contributed by atoms with van der Waals surface area (Å²) in [5.41, 5.74) is 1.11. The fourth-order valence-electron chi connectivity index (χ4n) is 2.24. The molecule has 0 amide bonds. The smallest absolute Gasteiger partial charge is 0.311 e. The van der Waals surface area contributed by atoms with Crippen LogP contribution in [-0.2, 0) is 20.7 Å². The molecule has 0 aromatic heterocycles. The summed E-state index contributed by atoms with van der Waals surface area (Å²) in [5, 5.41) is 0. The number of carbonyl (C=O) groups excluding carboxylic acids is 2. The third-order valence-electron chi connectivity index (χ3n) is 3.62. The van der Waals surface area contributed by atoms with Gasteiger partial charge in [-0.15, -0.1) is 0 Å². The summed E-state index contributed by atoms with van der Waals surface area (Å²) < 4.78 is 10.5. The zero-order chi connectivity index (χ0) is 17.1. The predicted octanol–water partition coefficient (Wildman–Crippen LogP) is 4.45. The largest absolute Gasteiger partial charge is 0.463 e. The highest BCUT2D eigenvalue weighted by Gasteiger charge is 2.13. The lowest BCUT2D eigenvalue weighted by Gasteiger charge is -2.12. The Morgan fingerprint density at radius 2 is 1.83 bits per heavy atom. The van der Waals surface area contributed by atoms with Crippen molar-refractivity contribution in [1.29, 1.82) is 0 Å². The number of carbonyl (C=O) groups is 2. The molecular formula is C19H28O4. The summed E-state index contributed by atoms with van der Waals surface area (Å²) in [5.74, 6) is -0.224. The van der Waals surface area contributed by atoms with E-state index in [0.717, 1.165) is 37.7 Å². The van der Waals surface area contributed by atoms with Crippen LogP contribution in [-0.4, -0.2) is 18.0 Å². The van der Waals surface area contributed by atoms with E-state index < -0.39 is 5.97 Å². The van der Waals surface area contributed by atoms with Gasteiger partial charge in [0, 0.05) is 0 Å². The third-order valence-corrected chi connectivity index (χ3v) is 3.62. The van der Waals surface area contributed by atoms with Crippen molar-refractivity contribution in [1.82, 2.24) is 0 Å². The van der Waals surface area contributed by atoms with Gasteiger partial charge in [-0.1, -0.05) is 38.8 Å². The van der Waals surface area contributed by atoms with Gasteiger partial charge in [-0.3, -0.25) is 9.59 Å². The van der Waals surface area contributed by atoms with E-state index in [1.165, 1.54) is 0 Å². The first-order valence-corrected chi connectivity index (χ1v) is 8.54. The average Bonchev–Trinajstić information content (AvgIpc) is 2.53. The Morgan fingerprint density at radius 3 is 2.52 bits per heavy atom. The minimum Gasteiger partial charge on any atom is -0.463 e. The molecule has 0 bridgehead atoms. The Hall–Kier alpha value is -1.84. The van der Waals surface area contributed by atoms with Crippen LogP contribution in [0.2, 0.25) is 0 Å². The Labute approximate surface area is 139 Å². The molecule has 4 heteroatoms. The van der Waals surface area contributed by atoms with E-state index in [1.807, 2.05) is 32.0 Å². The van der Waals surface area contributed by atoms with E-state index in [1.54, 1.807) is 6.07 Å². The molecule has 0 saturated carbocycles. The number of aryl methyl sites for hydroxylation is 1. The molecule has 0 heterocycles. The second kappa shape index (κ2) is 10.8. The van der Waals surface area contributed by atoms with Gasteiger partial charge >= 0.3 is 11.9 Å². The van der Waals surface area contributed by atoms with Gasteiger partial charge in [-0.2, -0.15) is 0 Å². The van der Waals surface area contributed by atoms with Crippen LogP contribution in [0, 0.1) is 0 Å². The molecule has 0 spiro atoms. The minimum absolute atomic E-state index is 0.0386. The highest BCUT2D eigenvalue weighted by Crippen LogP contribution is 2.15. The highest BCUT2D eigenvalue weighted by molar-refractivity contribution is 5.79. The second-order valence-electron chi connectivity index (χ2n) is 5.77. The van der Waals surface area contributed by atoms with Gasteiger partial charge in [0.15, 0.2) is 0 Å². The van der Waals surface area contributed by atoms with Crippen LogP contribution in [0.4, 0.5) is 0 Å². The van der Waals surface area contributed by atoms with Gasteiger partial charge in [0.1, 0.15) is 5.75 Å². The maximum atomic E-state index is 11.8. The summed E-state index contributed by atoms with van der Waals surface area (Å²) in [6, 6.07) is 7.42. The SMILES string of the molecule is CCCCCC(C)OC(=O)CCC(=O)Oc1cccc(CC)c1. The predicted molar refractivity (Wildman–Crippen MR) is 90.4 cm³/mol. The Balaban J connectivity index is 2.28. The van der Waals surface area contributed by atoms with Gasteiger partial charge in [0.25, 0.3) is 0 Å². The molecule has 23 heavy (non-hydrogen) atoms. The van der Waals surface area contributed by atoms with Crippen LogP contribution in [0.15, 0.2) is 24.3 Å². The summed E-state index contributed by atoms with van der Waals surface area (Å²) in [6.07, 6.45) is 5.10. The van der Waals surface area contributed by atoms with Crippen molar-refractivity contribution >= 4 is 11.9 Å². The monoisotopic (exact) mass is 320 g/mol. The first-order chi connectivity index (χ1) is 11.0. The van der Waals surface area contributed by atoms with Gasteiger partial charge < -0.3 is 9.47 Å². The second-order valence-corrected chi connectivity index (χ2v) is 5.77. The van der Waals surface area contributed by atoms with Crippen molar-refractivity contribution in [3.8, 4) is 5.75 Å². The summed E-state index contributed by atoms with van der Waals surface area (Å²) in [4.78, 5) is 23.5. The first kappa shape index (κ1) is 19.2. The van der Waals surface area contributed by atoms with E-state index in [0.29, 0.717) is 5.75 Å². The molecule has 0 N–H and O–H groups in total. The molecule has 0 fully saturated rings. The van der Waals surface area contributed by atoms with Crippen molar-refractivity contribution in [3.63, 3.8) is 0 Å². The van der Waals surface area contributed by atoms with E-state index in [9.17, 15) is 9.59 Å². The number of hydrogen-bond acceptors (Lipinski definition) is 4. The fraction of sp³-hybridized carbons (Fsp3) is 0.579. The molecule has 1 atom stereocenters. The van der Waals surface area contributed by atoms with Crippen molar-refractivity contribution in [2.45, 2.75) is 71.8 Å². The summed E-state index contributed by atoms with van der Waals surface area (Å²) in [7, 11) is 0. The lowest BCUT2D eigenvalue weighted by atomic mass is 10.1. The minimum atomic E-state index is -0.408. The van der Waals surface area contributed by atoms with Gasteiger partial charge in [0.2, 0.25) is 0 Å². The van der Waals surface area contributed by atoms with E-state index >= 15 is 0 Å². The molecule has 0 aliphatic carbocycles. The van der Waals surface area contributed by atoms with Crippen LogP contribution in [0.25, 0.3) is 0 Å². The Kier molecular flexibility index (Phi) is 9.03. The normalized spacial score (nSPS) is 11.8. The number of ether oxygens (including phenoxy) is 2. The number of benzene rings is 1. The van der Waals surface area contributed by atoms with Crippen molar-refractivity contribution in [2.75, 3.05) is 0 Å². The maximum Gasteiger partial charge on any atom is 0.311 e. The van der Waals surface area contributed by atoms with Crippen LogP contribution >= 0.6 is 0 Å². The molecule has 1 rings (SSSR count). The van der Waals surface area contributed by atoms with E-state index in [-0.39, 0.29) is 24.9 Å². The lowest BCUT2D eigenvalue weighted by Crippen LogP contribution is -2.17. The molecule has 128 valence electrons. The van der Waals surface area contributed by atoms with Gasteiger partial charge in [-0.25, -0.2) is 0 Å². The quantitative estimate of drug-likeness (QED) is 0.363. The Bertz CT molecular complexity index is 496. The van der Waals surface area contributed by atoms with Gasteiger partial charge in [-0.05, 0) is 43.9 Å². The molecule has 4 nitrogen and oxygen atoms in total. The van der Waals surface area contributed by atoms with Gasteiger partial charge in [0.05, 0.1) is 18.9 Å². The van der Waals surface area contributed by atoms with Crippen molar-refractivity contribution in [2.24, 2.45) is 0 Å². The molecule has 1 unspecified atom stereocenters. The van der Waals surface area contributed by atoms with Crippen molar-refractivity contribution in [3.05, 3.63) is 29.8 Å². The maximum absolute atomic E-state index is 11.8. The number of rotatable bonds is 10. The summed E-state index contributed by atoms with van der Waals surface area (Å²) >= 11 is 0. The highest BCUT2D eigenvalue weighted by atomic mass is 16.5. The number of unbranched alkanes of at least 4 members (excludes halogenated alkanes) is 2. The molecule has 1 aromatic rings. The van der Waals surface area contributed by atoms with Crippen LogP contribution in [0.3, 0.4) is 0 Å². The topological polar surface area (TPSA) is 52.6 Å². The molecule has 0 aliphatic heterocycles. The lowest BCUT2D eigenvalue weighted by molar-refractivity contribution is -0.151. The summed E-state index contributed by atoms with van der Waals surface area (Å²) in [6.45, 7) is 6.07. The molecular weight excluding hydrogens is 292 g/mol. The van der Waals surface area contributed by atoms with Crippen LogP contribution < -0.4 is 4.74 Å². The zero-order valence-corrected chi connectivity index (χ0v) is 14.5. The van der Waals surface area contributed by atoms with E-state index in [2.05, 4.69) is 6.92 Å².